The molecular formula is C24H36N2O2. The zero-order valence-corrected chi connectivity index (χ0v) is 17.7. The summed E-state index contributed by atoms with van der Waals surface area (Å²) in [7, 11) is 0. The number of amides is 1. The summed E-state index contributed by atoms with van der Waals surface area (Å²) in [5.41, 5.74) is 1.35. The zero-order chi connectivity index (χ0) is 19.6. The highest BCUT2D eigenvalue weighted by Gasteiger charge is 2.39. The highest BCUT2D eigenvalue weighted by molar-refractivity contribution is 5.97. The molecule has 4 rings (SSSR count). The van der Waals surface area contributed by atoms with Crippen LogP contribution in [-0.4, -0.2) is 54.0 Å². The van der Waals surface area contributed by atoms with E-state index in [1.165, 1.54) is 25.7 Å². The van der Waals surface area contributed by atoms with Gasteiger partial charge in [-0.05, 0) is 75.8 Å². The van der Waals surface area contributed by atoms with E-state index in [-0.39, 0.29) is 12.0 Å². The van der Waals surface area contributed by atoms with E-state index in [2.05, 4.69) is 18.7 Å². The topological polar surface area (TPSA) is 32.8 Å². The van der Waals surface area contributed by atoms with E-state index in [1.807, 2.05) is 29.2 Å². The molecular weight excluding hydrogens is 348 g/mol. The average molecular weight is 385 g/mol. The van der Waals surface area contributed by atoms with Crippen LogP contribution in [-0.2, 0) is 0 Å². The molecule has 1 atom stereocenters. The molecule has 0 bridgehead atoms. The van der Waals surface area contributed by atoms with Crippen molar-refractivity contribution in [3.8, 4) is 5.75 Å². The Kier molecular flexibility index (Phi) is 5.96. The number of carbonyl (C=O) groups is 1. The minimum Gasteiger partial charge on any atom is -0.489 e. The number of rotatable bonds is 6. The van der Waals surface area contributed by atoms with E-state index in [0.29, 0.717) is 11.5 Å². The number of nitrogens with zero attached hydrogens (tertiary/aromatic N) is 2. The van der Waals surface area contributed by atoms with Gasteiger partial charge in [-0.2, -0.15) is 0 Å². The second kappa shape index (κ2) is 8.44. The largest absolute Gasteiger partial charge is 0.489 e. The lowest BCUT2D eigenvalue weighted by Gasteiger charge is -2.37. The van der Waals surface area contributed by atoms with Crippen molar-refractivity contribution < 1.29 is 9.53 Å². The van der Waals surface area contributed by atoms with Gasteiger partial charge in [0.25, 0.3) is 5.91 Å². The van der Waals surface area contributed by atoms with Crippen LogP contribution in [0, 0.1) is 5.41 Å². The minimum atomic E-state index is 0.138. The molecule has 1 aliphatic carbocycles. The third-order valence-electron chi connectivity index (χ3n) is 7.05. The van der Waals surface area contributed by atoms with Crippen molar-refractivity contribution in [2.45, 2.75) is 77.4 Å². The Balaban J connectivity index is 1.33. The van der Waals surface area contributed by atoms with Crippen molar-refractivity contribution in [2.24, 2.45) is 5.41 Å². The van der Waals surface area contributed by atoms with Crippen LogP contribution in [0.2, 0.25) is 0 Å². The monoisotopic (exact) mass is 384 g/mol. The van der Waals surface area contributed by atoms with Crippen LogP contribution in [0.5, 0.6) is 5.75 Å². The first kappa shape index (κ1) is 19.8. The predicted molar refractivity (Wildman–Crippen MR) is 113 cm³/mol. The molecule has 1 aromatic carbocycles. The van der Waals surface area contributed by atoms with Crippen LogP contribution >= 0.6 is 0 Å². The first-order valence-electron chi connectivity index (χ1n) is 11.3. The maximum atomic E-state index is 13.0. The maximum Gasteiger partial charge on any atom is 0.257 e. The molecule has 2 saturated heterocycles. The Morgan fingerprint density at radius 3 is 2.46 bits per heavy atom. The number of hydrogen-bond acceptors (Lipinski definition) is 3. The van der Waals surface area contributed by atoms with Gasteiger partial charge in [-0.3, -0.25) is 4.79 Å². The summed E-state index contributed by atoms with van der Waals surface area (Å²) in [6.45, 7) is 8.77. The van der Waals surface area contributed by atoms with Gasteiger partial charge in [0.05, 0.1) is 5.56 Å². The molecule has 1 saturated carbocycles. The standard InChI is InChI=1S/C24H36N2O2/c1-19(18-24(2)12-13-24)25-16-10-20(11-17-25)28-22-9-5-4-8-21(22)23(27)26-14-6-3-7-15-26/h4-5,8-9,19-20H,3,6-7,10-18H2,1-2H3/t19-/m1/s1. The normalized spacial score (nSPS) is 24.0. The van der Waals surface area contributed by atoms with E-state index in [4.69, 9.17) is 4.74 Å². The molecule has 0 radical (unpaired) electrons. The maximum absolute atomic E-state index is 13.0. The van der Waals surface area contributed by atoms with Gasteiger partial charge in [-0.15, -0.1) is 0 Å². The van der Waals surface area contributed by atoms with Gasteiger partial charge in [0.15, 0.2) is 0 Å². The van der Waals surface area contributed by atoms with E-state index in [9.17, 15) is 4.79 Å². The third-order valence-corrected chi connectivity index (χ3v) is 7.05. The van der Waals surface area contributed by atoms with Gasteiger partial charge >= 0.3 is 0 Å². The smallest absolute Gasteiger partial charge is 0.257 e. The van der Waals surface area contributed by atoms with Gasteiger partial charge in [-0.1, -0.05) is 19.1 Å². The second-order valence-electron chi connectivity index (χ2n) is 9.57. The quantitative estimate of drug-likeness (QED) is 0.710. The van der Waals surface area contributed by atoms with Crippen LogP contribution in [0.1, 0.15) is 75.6 Å². The Labute approximate surface area is 170 Å². The first-order chi connectivity index (χ1) is 13.5. The summed E-state index contributed by atoms with van der Waals surface area (Å²) >= 11 is 0. The van der Waals surface area contributed by atoms with Crippen LogP contribution in [0.4, 0.5) is 0 Å². The summed E-state index contributed by atoms with van der Waals surface area (Å²) in [4.78, 5) is 17.6. The molecule has 2 heterocycles. The Morgan fingerprint density at radius 2 is 1.79 bits per heavy atom. The Hall–Kier alpha value is -1.55. The second-order valence-corrected chi connectivity index (χ2v) is 9.57. The van der Waals surface area contributed by atoms with Gasteiger partial charge in [-0.25, -0.2) is 0 Å². The highest BCUT2D eigenvalue weighted by atomic mass is 16.5. The molecule has 154 valence electrons. The first-order valence-corrected chi connectivity index (χ1v) is 11.3. The predicted octanol–water partition coefficient (Wildman–Crippen LogP) is 4.73. The molecule has 3 fully saturated rings. The summed E-state index contributed by atoms with van der Waals surface area (Å²) in [5, 5.41) is 0. The number of likely N-dealkylation sites (tertiary alicyclic amines) is 2. The van der Waals surface area contributed by atoms with Gasteiger partial charge in [0, 0.05) is 32.2 Å². The van der Waals surface area contributed by atoms with Gasteiger partial charge < -0.3 is 14.5 Å². The molecule has 1 amide bonds. The van der Waals surface area contributed by atoms with Crippen molar-refractivity contribution in [3.05, 3.63) is 29.8 Å². The lowest BCUT2D eigenvalue weighted by atomic mass is 9.97. The molecule has 0 unspecified atom stereocenters. The lowest BCUT2D eigenvalue weighted by molar-refractivity contribution is 0.0658. The minimum absolute atomic E-state index is 0.138. The zero-order valence-electron chi connectivity index (χ0n) is 17.7. The molecule has 1 aromatic rings. The molecule has 0 spiro atoms. The molecule has 28 heavy (non-hydrogen) atoms. The van der Waals surface area contributed by atoms with Gasteiger partial charge in [0.1, 0.15) is 11.9 Å². The summed E-state index contributed by atoms with van der Waals surface area (Å²) < 4.78 is 6.37. The SMILES string of the molecule is C[C@H](CC1(C)CC1)N1CCC(Oc2ccccc2C(=O)N2CCCCC2)CC1. The molecule has 0 aromatic heterocycles. The third kappa shape index (κ3) is 4.71. The number of ether oxygens (including phenoxy) is 1. The fourth-order valence-corrected chi connectivity index (χ4v) is 4.89. The molecule has 2 aliphatic heterocycles. The van der Waals surface area contributed by atoms with Gasteiger partial charge in [0.2, 0.25) is 0 Å². The highest BCUT2D eigenvalue weighted by Crippen LogP contribution is 2.49. The van der Waals surface area contributed by atoms with Crippen molar-refractivity contribution in [1.82, 2.24) is 9.80 Å². The summed E-state index contributed by atoms with van der Waals surface area (Å²) in [5.74, 6) is 0.911. The van der Waals surface area contributed by atoms with Crippen LogP contribution < -0.4 is 4.74 Å². The van der Waals surface area contributed by atoms with E-state index < -0.39 is 0 Å². The number of piperidine rings is 2. The van der Waals surface area contributed by atoms with Crippen molar-refractivity contribution in [1.29, 1.82) is 0 Å². The fourth-order valence-electron chi connectivity index (χ4n) is 4.89. The van der Waals surface area contributed by atoms with E-state index in [0.717, 1.165) is 63.2 Å². The number of para-hydroxylation sites is 1. The van der Waals surface area contributed by atoms with Crippen LogP contribution in [0.15, 0.2) is 24.3 Å². The summed E-state index contributed by atoms with van der Waals surface area (Å²) in [6, 6.07) is 8.50. The fraction of sp³-hybridized carbons (Fsp3) is 0.708. The molecule has 3 aliphatic rings. The van der Waals surface area contributed by atoms with Crippen molar-refractivity contribution in [2.75, 3.05) is 26.2 Å². The number of benzene rings is 1. The van der Waals surface area contributed by atoms with E-state index >= 15 is 0 Å². The Morgan fingerprint density at radius 1 is 1.11 bits per heavy atom. The number of hydrogen-bond donors (Lipinski definition) is 0. The summed E-state index contributed by atoms with van der Waals surface area (Å²) in [6.07, 6.45) is 9.91. The van der Waals surface area contributed by atoms with E-state index in [1.54, 1.807) is 0 Å². The molecule has 4 nitrogen and oxygen atoms in total. The Bertz CT molecular complexity index is 671. The lowest BCUT2D eigenvalue weighted by Crippen LogP contribution is -2.43. The van der Waals surface area contributed by atoms with Crippen LogP contribution in [0.25, 0.3) is 0 Å². The van der Waals surface area contributed by atoms with Crippen LogP contribution in [0.3, 0.4) is 0 Å². The number of carbonyl (C=O) groups excluding carboxylic acids is 1. The van der Waals surface area contributed by atoms with Crippen molar-refractivity contribution >= 4 is 5.91 Å². The molecule has 0 N–H and O–H groups in total. The molecule has 4 heteroatoms. The average Bonchev–Trinajstić information content (AvgIpc) is 3.45. The van der Waals surface area contributed by atoms with Crippen molar-refractivity contribution in [3.63, 3.8) is 0 Å².